The summed E-state index contributed by atoms with van der Waals surface area (Å²) in [4.78, 5) is 14.7. The predicted molar refractivity (Wildman–Crippen MR) is 58.7 cm³/mol. The number of fused-ring (bicyclic) bond motifs is 1. The third-order valence-electron chi connectivity index (χ3n) is 2.00. The first-order valence-electron chi connectivity index (χ1n) is 4.06. The van der Waals surface area contributed by atoms with Crippen molar-refractivity contribution in [3.05, 3.63) is 40.1 Å². The van der Waals surface area contributed by atoms with Crippen LogP contribution in [0, 0.1) is 0 Å². The Kier molecular flexibility index (Phi) is 2.50. The molecule has 15 heavy (non-hydrogen) atoms. The molecule has 1 aromatic heterocycles. The zero-order valence-corrected chi connectivity index (χ0v) is 8.88. The summed E-state index contributed by atoms with van der Waals surface area (Å²) < 4.78 is 0. The number of benzene rings is 1. The third kappa shape index (κ3) is 1.76. The highest BCUT2D eigenvalue weighted by molar-refractivity contribution is 6.39. The highest BCUT2D eigenvalue weighted by Crippen LogP contribution is 2.28. The molecular formula is C10H5Cl2NO2. The lowest BCUT2D eigenvalue weighted by atomic mass is 10.1. The van der Waals surface area contributed by atoms with Gasteiger partial charge in [-0.25, -0.2) is 9.78 Å². The molecule has 0 aliphatic rings. The standard InChI is InChI=1S/C10H5Cl2NO2/c11-5-3-7-6(8(12)4-5)1-2-13-9(7)10(14)15/h1-4H,(H,14,15). The average Bonchev–Trinajstić information content (AvgIpc) is 2.16. The molecular weight excluding hydrogens is 237 g/mol. The molecule has 0 aliphatic carbocycles. The molecule has 2 aromatic rings. The quantitative estimate of drug-likeness (QED) is 0.834. The molecule has 0 spiro atoms. The lowest BCUT2D eigenvalue weighted by molar-refractivity contribution is 0.0693. The van der Waals surface area contributed by atoms with E-state index in [1.165, 1.54) is 6.20 Å². The summed E-state index contributed by atoms with van der Waals surface area (Å²) in [5.74, 6) is -1.10. The summed E-state index contributed by atoms with van der Waals surface area (Å²) >= 11 is 11.7. The van der Waals surface area contributed by atoms with Crippen LogP contribution >= 0.6 is 23.2 Å². The van der Waals surface area contributed by atoms with Crippen molar-refractivity contribution in [1.82, 2.24) is 4.98 Å². The average molecular weight is 242 g/mol. The predicted octanol–water partition coefficient (Wildman–Crippen LogP) is 3.24. The van der Waals surface area contributed by atoms with Gasteiger partial charge >= 0.3 is 5.97 Å². The van der Waals surface area contributed by atoms with Gasteiger partial charge in [0.2, 0.25) is 0 Å². The van der Waals surface area contributed by atoms with Gasteiger partial charge in [0.25, 0.3) is 0 Å². The normalized spacial score (nSPS) is 10.5. The van der Waals surface area contributed by atoms with Crippen molar-refractivity contribution in [2.75, 3.05) is 0 Å². The minimum Gasteiger partial charge on any atom is -0.476 e. The second kappa shape index (κ2) is 3.68. The molecule has 1 aromatic carbocycles. The number of aromatic nitrogens is 1. The summed E-state index contributed by atoms with van der Waals surface area (Å²) in [6, 6.07) is 4.76. The topological polar surface area (TPSA) is 50.2 Å². The highest BCUT2D eigenvalue weighted by atomic mass is 35.5. The van der Waals surface area contributed by atoms with E-state index in [0.717, 1.165) is 0 Å². The van der Waals surface area contributed by atoms with Gasteiger partial charge in [-0.15, -0.1) is 0 Å². The van der Waals surface area contributed by atoms with Crippen LogP contribution < -0.4 is 0 Å². The van der Waals surface area contributed by atoms with Crippen molar-refractivity contribution in [2.45, 2.75) is 0 Å². The number of pyridine rings is 1. The molecule has 1 heterocycles. The van der Waals surface area contributed by atoms with Gasteiger partial charge in [-0.1, -0.05) is 23.2 Å². The second-order valence-corrected chi connectivity index (χ2v) is 3.79. The number of carboxylic acid groups (broad SMARTS) is 1. The van der Waals surface area contributed by atoms with Crippen LogP contribution in [0.25, 0.3) is 10.8 Å². The largest absolute Gasteiger partial charge is 0.476 e. The Balaban J connectivity index is 2.91. The molecule has 0 atom stereocenters. The molecule has 1 N–H and O–H groups in total. The van der Waals surface area contributed by atoms with Crippen molar-refractivity contribution >= 4 is 39.9 Å². The Labute approximate surface area is 95.3 Å². The highest BCUT2D eigenvalue weighted by Gasteiger charge is 2.12. The van der Waals surface area contributed by atoms with Crippen molar-refractivity contribution < 1.29 is 9.90 Å². The Morgan fingerprint density at radius 2 is 2.00 bits per heavy atom. The van der Waals surface area contributed by atoms with Crippen molar-refractivity contribution in [3.63, 3.8) is 0 Å². The zero-order valence-electron chi connectivity index (χ0n) is 7.37. The fourth-order valence-electron chi connectivity index (χ4n) is 1.38. The second-order valence-electron chi connectivity index (χ2n) is 2.95. The first-order chi connectivity index (χ1) is 7.09. The van der Waals surface area contributed by atoms with E-state index in [1.807, 2.05) is 0 Å². The van der Waals surface area contributed by atoms with Gasteiger partial charge < -0.3 is 5.11 Å². The van der Waals surface area contributed by atoms with Crippen LogP contribution in [0.3, 0.4) is 0 Å². The minimum absolute atomic E-state index is 0.0445. The number of hydrogen-bond donors (Lipinski definition) is 1. The third-order valence-corrected chi connectivity index (χ3v) is 2.53. The monoisotopic (exact) mass is 241 g/mol. The number of carboxylic acids is 1. The molecule has 0 amide bonds. The van der Waals surface area contributed by atoms with Gasteiger partial charge in [-0.2, -0.15) is 0 Å². The van der Waals surface area contributed by atoms with E-state index in [1.54, 1.807) is 18.2 Å². The number of carbonyl (C=O) groups is 1. The van der Waals surface area contributed by atoms with Crippen LogP contribution in [0.15, 0.2) is 24.4 Å². The number of halogens is 2. The van der Waals surface area contributed by atoms with Gasteiger partial charge in [0.1, 0.15) is 0 Å². The van der Waals surface area contributed by atoms with Gasteiger partial charge in [0, 0.05) is 22.0 Å². The van der Waals surface area contributed by atoms with Crippen molar-refractivity contribution in [1.29, 1.82) is 0 Å². The van der Waals surface area contributed by atoms with Gasteiger partial charge in [0.05, 0.1) is 5.02 Å². The SMILES string of the molecule is O=C(O)c1nccc2c(Cl)cc(Cl)cc12. The fraction of sp³-hybridized carbons (Fsp3) is 0. The maximum atomic E-state index is 10.9. The number of nitrogens with zero attached hydrogens (tertiary/aromatic N) is 1. The molecule has 0 bridgehead atoms. The summed E-state index contributed by atoms with van der Waals surface area (Å²) in [7, 11) is 0. The van der Waals surface area contributed by atoms with E-state index >= 15 is 0 Å². The van der Waals surface area contributed by atoms with Crippen LogP contribution in [0.5, 0.6) is 0 Å². The summed E-state index contributed by atoms with van der Waals surface area (Å²) in [6.45, 7) is 0. The Hall–Kier alpha value is -1.32. The van der Waals surface area contributed by atoms with Gasteiger partial charge in [0.15, 0.2) is 5.69 Å². The van der Waals surface area contributed by atoms with Gasteiger partial charge in [-0.3, -0.25) is 0 Å². The fourth-order valence-corrected chi connectivity index (χ4v) is 1.93. The Morgan fingerprint density at radius 3 is 2.67 bits per heavy atom. The summed E-state index contributed by atoms with van der Waals surface area (Å²) in [6.07, 6.45) is 1.41. The lowest BCUT2D eigenvalue weighted by Gasteiger charge is -2.03. The number of aromatic carboxylic acids is 1. The maximum Gasteiger partial charge on any atom is 0.355 e. The molecule has 5 heteroatoms. The maximum absolute atomic E-state index is 10.9. The molecule has 0 fully saturated rings. The van der Waals surface area contributed by atoms with E-state index < -0.39 is 5.97 Å². The van der Waals surface area contributed by atoms with Gasteiger partial charge in [-0.05, 0) is 18.2 Å². The lowest BCUT2D eigenvalue weighted by Crippen LogP contribution is -2.00. The Bertz CT molecular complexity index is 554. The van der Waals surface area contributed by atoms with Crippen LogP contribution in [-0.2, 0) is 0 Å². The number of rotatable bonds is 1. The van der Waals surface area contributed by atoms with Crippen LogP contribution in [-0.4, -0.2) is 16.1 Å². The molecule has 76 valence electrons. The zero-order chi connectivity index (χ0) is 11.0. The Morgan fingerprint density at radius 1 is 1.27 bits per heavy atom. The minimum atomic E-state index is -1.10. The molecule has 0 aliphatic heterocycles. The van der Waals surface area contributed by atoms with Crippen LogP contribution in [0.2, 0.25) is 10.0 Å². The summed E-state index contributed by atoms with van der Waals surface area (Å²) in [5, 5.41) is 10.8. The van der Waals surface area contributed by atoms with Crippen LogP contribution in [0.1, 0.15) is 10.5 Å². The molecule has 0 radical (unpaired) electrons. The molecule has 0 unspecified atom stereocenters. The van der Waals surface area contributed by atoms with E-state index in [4.69, 9.17) is 28.3 Å². The smallest absolute Gasteiger partial charge is 0.355 e. The van der Waals surface area contributed by atoms with E-state index in [2.05, 4.69) is 4.98 Å². The van der Waals surface area contributed by atoms with E-state index in [-0.39, 0.29) is 5.69 Å². The first kappa shape index (κ1) is 10.2. The molecule has 0 saturated heterocycles. The first-order valence-corrected chi connectivity index (χ1v) is 4.82. The van der Waals surface area contributed by atoms with Crippen molar-refractivity contribution in [3.8, 4) is 0 Å². The van der Waals surface area contributed by atoms with E-state index in [9.17, 15) is 4.79 Å². The van der Waals surface area contributed by atoms with Crippen LogP contribution in [0.4, 0.5) is 0 Å². The van der Waals surface area contributed by atoms with Crippen molar-refractivity contribution in [2.24, 2.45) is 0 Å². The molecule has 3 nitrogen and oxygen atoms in total. The van der Waals surface area contributed by atoms with E-state index in [0.29, 0.717) is 20.8 Å². The summed E-state index contributed by atoms with van der Waals surface area (Å²) in [5.41, 5.74) is -0.0445. The molecule has 2 rings (SSSR count). The molecule has 0 saturated carbocycles. The number of hydrogen-bond acceptors (Lipinski definition) is 2.